The molecule has 0 radical (unpaired) electrons. The van der Waals surface area contributed by atoms with E-state index < -0.39 is 0 Å². The number of hydrogen-bond acceptors (Lipinski definition) is 2. The van der Waals surface area contributed by atoms with Crippen molar-refractivity contribution >= 4 is 22.9 Å². The molecule has 0 spiro atoms. The van der Waals surface area contributed by atoms with Gasteiger partial charge in [-0.05, 0) is 73.7 Å². The number of aryl methyl sites for hydroxylation is 1. The largest absolute Gasteiger partial charge is 0.314 e. The number of hydrogen-bond donors (Lipinski definition) is 1. The van der Waals surface area contributed by atoms with Crippen LogP contribution < -0.4 is 5.32 Å². The quantitative estimate of drug-likeness (QED) is 0.726. The highest BCUT2D eigenvalue weighted by molar-refractivity contribution is 7.09. The van der Waals surface area contributed by atoms with Gasteiger partial charge in [-0.2, -0.15) is 0 Å². The molecule has 1 N–H and O–H groups in total. The molecule has 0 bridgehead atoms. The van der Waals surface area contributed by atoms with Gasteiger partial charge in [-0.25, -0.2) is 0 Å². The summed E-state index contributed by atoms with van der Waals surface area (Å²) in [5.74, 6) is 0.686. The summed E-state index contributed by atoms with van der Waals surface area (Å²) >= 11 is 7.98. The third kappa shape index (κ3) is 5.14. The van der Waals surface area contributed by atoms with Crippen LogP contribution in [-0.4, -0.2) is 12.6 Å². The summed E-state index contributed by atoms with van der Waals surface area (Å²) in [5, 5.41) is 6.71. The Morgan fingerprint density at radius 3 is 2.86 bits per heavy atom. The van der Waals surface area contributed by atoms with Crippen LogP contribution in [0.2, 0.25) is 5.02 Å². The lowest BCUT2D eigenvalue weighted by atomic mass is 9.94. The molecule has 2 aromatic rings. The van der Waals surface area contributed by atoms with Crippen molar-refractivity contribution in [2.75, 3.05) is 6.54 Å². The topological polar surface area (TPSA) is 12.0 Å². The van der Waals surface area contributed by atoms with E-state index in [0.717, 1.165) is 24.0 Å². The second-order valence-electron chi connectivity index (χ2n) is 6.00. The fraction of sp³-hybridized carbons (Fsp3) is 0.444. The lowest BCUT2D eigenvalue weighted by Gasteiger charge is -2.17. The summed E-state index contributed by atoms with van der Waals surface area (Å²) in [5.41, 5.74) is 1.36. The molecule has 1 saturated carbocycles. The minimum absolute atomic E-state index is 0.686. The maximum Gasteiger partial charge on any atom is 0.0408 e. The first-order valence-electron chi connectivity index (χ1n) is 7.80. The van der Waals surface area contributed by atoms with Crippen molar-refractivity contribution in [1.82, 2.24) is 5.32 Å². The van der Waals surface area contributed by atoms with Crippen LogP contribution in [0.1, 0.15) is 29.7 Å². The van der Waals surface area contributed by atoms with E-state index in [9.17, 15) is 0 Å². The van der Waals surface area contributed by atoms with Crippen molar-refractivity contribution in [3.8, 4) is 0 Å². The predicted octanol–water partition coefficient (Wildman–Crippen LogP) is 4.95. The molecule has 1 atom stereocenters. The third-order valence-corrected chi connectivity index (χ3v) is 5.24. The smallest absolute Gasteiger partial charge is 0.0408 e. The lowest BCUT2D eigenvalue weighted by Crippen LogP contribution is -2.26. The van der Waals surface area contributed by atoms with Gasteiger partial charge < -0.3 is 5.32 Å². The second kappa shape index (κ2) is 7.44. The average Bonchev–Trinajstić information content (AvgIpc) is 3.16. The zero-order valence-electron chi connectivity index (χ0n) is 12.2. The first-order chi connectivity index (χ1) is 10.3. The van der Waals surface area contributed by atoms with E-state index in [1.165, 1.54) is 36.1 Å². The van der Waals surface area contributed by atoms with Gasteiger partial charge in [0.2, 0.25) is 0 Å². The Hall–Kier alpha value is -0.830. The van der Waals surface area contributed by atoms with Gasteiger partial charge in [0.1, 0.15) is 0 Å². The number of thiophene rings is 1. The van der Waals surface area contributed by atoms with Gasteiger partial charge in [-0.15, -0.1) is 11.3 Å². The van der Waals surface area contributed by atoms with Crippen molar-refractivity contribution in [2.24, 2.45) is 5.92 Å². The fourth-order valence-corrected chi connectivity index (χ4v) is 3.63. The number of nitrogens with one attached hydrogen (secondary N) is 1. The van der Waals surface area contributed by atoms with Gasteiger partial charge in [0, 0.05) is 15.9 Å². The van der Waals surface area contributed by atoms with Crippen molar-refractivity contribution < 1.29 is 0 Å². The number of rotatable bonds is 8. The highest BCUT2D eigenvalue weighted by Gasteiger charge is 2.22. The van der Waals surface area contributed by atoms with E-state index in [4.69, 9.17) is 11.6 Å². The zero-order valence-corrected chi connectivity index (χ0v) is 13.8. The van der Waals surface area contributed by atoms with E-state index in [0.29, 0.717) is 5.92 Å². The van der Waals surface area contributed by atoms with Crippen molar-refractivity contribution in [2.45, 2.75) is 38.1 Å². The molecule has 3 rings (SSSR count). The van der Waals surface area contributed by atoms with E-state index in [1.54, 1.807) is 0 Å². The molecular formula is C18H22ClNS. The molecule has 1 aromatic heterocycles. The summed E-state index contributed by atoms with van der Waals surface area (Å²) in [4.78, 5) is 1.50. The van der Waals surface area contributed by atoms with Gasteiger partial charge in [0.15, 0.2) is 0 Å². The summed E-state index contributed by atoms with van der Waals surface area (Å²) < 4.78 is 0. The molecule has 1 unspecified atom stereocenters. The number of benzene rings is 1. The first kappa shape index (κ1) is 15.1. The van der Waals surface area contributed by atoms with Gasteiger partial charge >= 0.3 is 0 Å². The maximum atomic E-state index is 6.11. The van der Waals surface area contributed by atoms with Crippen molar-refractivity contribution in [3.63, 3.8) is 0 Å². The van der Waals surface area contributed by atoms with E-state index in [-0.39, 0.29) is 0 Å². The molecule has 1 aliphatic rings. The first-order valence-corrected chi connectivity index (χ1v) is 9.05. The van der Waals surface area contributed by atoms with Crippen molar-refractivity contribution in [1.29, 1.82) is 0 Å². The molecule has 1 fully saturated rings. The monoisotopic (exact) mass is 319 g/mol. The Balaban J connectivity index is 1.57. The molecule has 3 heteroatoms. The van der Waals surface area contributed by atoms with E-state index >= 15 is 0 Å². The van der Waals surface area contributed by atoms with E-state index in [1.807, 2.05) is 17.4 Å². The Morgan fingerprint density at radius 1 is 1.24 bits per heavy atom. The minimum Gasteiger partial charge on any atom is -0.314 e. The molecular weight excluding hydrogens is 298 g/mol. The van der Waals surface area contributed by atoms with Crippen LogP contribution in [0.15, 0.2) is 41.8 Å². The summed E-state index contributed by atoms with van der Waals surface area (Å²) in [6.45, 7) is 1.13. The summed E-state index contributed by atoms with van der Waals surface area (Å²) in [6.07, 6.45) is 6.26. The Kier molecular flexibility index (Phi) is 5.34. The molecule has 1 aromatic carbocycles. The average molecular weight is 320 g/mol. The highest BCUT2D eigenvalue weighted by Crippen LogP contribution is 2.22. The maximum absolute atomic E-state index is 6.11. The Morgan fingerprint density at radius 2 is 2.14 bits per heavy atom. The van der Waals surface area contributed by atoms with Crippen LogP contribution in [-0.2, 0) is 12.8 Å². The summed E-state index contributed by atoms with van der Waals surface area (Å²) in [7, 11) is 0. The van der Waals surface area contributed by atoms with Crippen LogP contribution in [0.5, 0.6) is 0 Å². The molecule has 0 saturated heterocycles. The van der Waals surface area contributed by atoms with Gasteiger partial charge in [-0.1, -0.05) is 29.8 Å². The number of halogens is 1. The molecule has 1 heterocycles. The van der Waals surface area contributed by atoms with Crippen LogP contribution in [0, 0.1) is 5.92 Å². The second-order valence-corrected chi connectivity index (χ2v) is 7.47. The van der Waals surface area contributed by atoms with E-state index in [2.05, 4.69) is 41.0 Å². The van der Waals surface area contributed by atoms with Crippen molar-refractivity contribution in [3.05, 3.63) is 57.2 Å². The molecule has 112 valence electrons. The third-order valence-electron chi connectivity index (χ3n) is 4.07. The van der Waals surface area contributed by atoms with Crippen LogP contribution in [0.4, 0.5) is 0 Å². The normalized spacial score (nSPS) is 16.0. The SMILES string of the molecule is Clc1cccc(CC(CCc2cccs2)CNC2CC2)c1. The van der Waals surface area contributed by atoms with Crippen LogP contribution in [0.25, 0.3) is 0 Å². The molecule has 0 amide bonds. The molecule has 1 aliphatic carbocycles. The summed E-state index contributed by atoms with van der Waals surface area (Å²) in [6, 6.07) is 13.5. The van der Waals surface area contributed by atoms with Gasteiger partial charge in [-0.3, -0.25) is 0 Å². The van der Waals surface area contributed by atoms with Crippen LogP contribution >= 0.6 is 22.9 Å². The van der Waals surface area contributed by atoms with Gasteiger partial charge in [0.25, 0.3) is 0 Å². The Labute approximate surface area is 136 Å². The lowest BCUT2D eigenvalue weighted by molar-refractivity contribution is 0.443. The van der Waals surface area contributed by atoms with Gasteiger partial charge in [0.05, 0.1) is 0 Å². The minimum atomic E-state index is 0.686. The highest BCUT2D eigenvalue weighted by atomic mass is 35.5. The zero-order chi connectivity index (χ0) is 14.5. The van der Waals surface area contributed by atoms with Crippen LogP contribution in [0.3, 0.4) is 0 Å². The predicted molar refractivity (Wildman–Crippen MR) is 92.3 cm³/mol. The fourth-order valence-electron chi connectivity index (χ4n) is 2.70. The molecule has 1 nitrogen and oxygen atoms in total. The molecule has 0 aliphatic heterocycles. The Bertz CT molecular complexity index is 548. The standard InChI is InChI=1S/C18H22ClNS/c19-16-4-1-3-14(12-16)11-15(13-20-17-7-8-17)6-9-18-5-2-10-21-18/h1-5,10,12,15,17,20H,6-9,11,13H2. The molecule has 21 heavy (non-hydrogen) atoms.